The predicted molar refractivity (Wildman–Crippen MR) is 111 cm³/mol. The smallest absolute Gasteiger partial charge is 0.331 e. The summed E-state index contributed by atoms with van der Waals surface area (Å²) in [4.78, 5) is 31.9. The van der Waals surface area contributed by atoms with Crippen molar-refractivity contribution < 1.29 is 14.3 Å². The fourth-order valence-electron chi connectivity index (χ4n) is 3.29. The summed E-state index contributed by atoms with van der Waals surface area (Å²) >= 11 is 1.47. The number of rotatable bonds is 5. The summed E-state index contributed by atoms with van der Waals surface area (Å²) in [7, 11) is 1.63. The third-order valence-corrected chi connectivity index (χ3v) is 5.86. The lowest BCUT2D eigenvalue weighted by Gasteiger charge is -2.24. The number of carbonyl (C=O) groups is 1. The topological polar surface area (TPSA) is 70.4 Å². The number of benzene rings is 1. The van der Waals surface area contributed by atoms with Gasteiger partial charge < -0.3 is 9.47 Å². The van der Waals surface area contributed by atoms with Crippen LogP contribution < -0.4 is 10.3 Å². The highest BCUT2D eigenvalue weighted by molar-refractivity contribution is 7.19. The van der Waals surface area contributed by atoms with Crippen LogP contribution in [0.5, 0.6) is 5.75 Å². The third-order valence-electron chi connectivity index (χ3n) is 4.85. The molecule has 6 nitrogen and oxygen atoms in total. The summed E-state index contributed by atoms with van der Waals surface area (Å²) in [5, 5.41) is 0.520. The number of hydrogen-bond donors (Lipinski definition) is 0. The highest BCUT2D eigenvalue weighted by Gasteiger charge is 2.33. The lowest BCUT2D eigenvalue weighted by Crippen LogP contribution is -2.43. The van der Waals surface area contributed by atoms with Crippen LogP contribution in [-0.2, 0) is 15.1 Å². The zero-order chi connectivity index (χ0) is 20.6. The molecule has 1 aromatic carbocycles. The highest BCUT2D eigenvalue weighted by Crippen LogP contribution is 2.37. The van der Waals surface area contributed by atoms with Gasteiger partial charge in [-0.1, -0.05) is 6.07 Å². The van der Waals surface area contributed by atoms with Gasteiger partial charge in [-0.2, -0.15) is 0 Å². The van der Waals surface area contributed by atoms with Crippen molar-refractivity contribution in [2.45, 2.75) is 40.2 Å². The van der Waals surface area contributed by atoms with E-state index in [1.54, 1.807) is 27.9 Å². The maximum atomic E-state index is 13.4. The minimum atomic E-state index is -1.16. The van der Waals surface area contributed by atoms with E-state index in [1.807, 2.05) is 32.0 Å². The van der Waals surface area contributed by atoms with Crippen LogP contribution in [0.4, 0.5) is 0 Å². The lowest BCUT2D eigenvalue weighted by molar-refractivity contribution is -0.152. The van der Waals surface area contributed by atoms with Gasteiger partial charge in [-0.15, -0.1) is 11.3 Å². The number of esters is 1. The average molecular weight is 401 g/mol. The van der Waals surface area contributed by atoms with Crippen molar-refractivity contribution in [3.8, 4) is 16.9 Å². The van der Waals surface area contributed by atoms with Gasteiger partial charge >= 0.3 is 5.97 Å². The zero-order valence-electron chi connectivity index (χ0n) is 17.0. The molecule has 148 valence electrons. The van der Waals surface area contributed by atoms with E-state index in [-0.39, 0.29) is 12.2 Å². The molecule has 7 heteroatoms. The first-order valence-electron chi connectivity index (χ1n) is 9.05. The van der Waals surface area contributed by atoms with Crippen molar-refractivity contribution in [1.29, 1.82) is 0 Å². The monoisotopic (exact) mass is 400 g/mol. The summed E-state index contributed by atoms with van der Waals surface area (Å²) in [6.07, 6.45) is 1.43. The first-order valence-corrected chi connectivity index (χ1v) is 9.87. The Bertz CT molecular complexity index is 1110. The van der Waals surface area contributed by atoms with E-state index in [9.17, 15) is 9.59 Å². The van der Waals surface area contributed by atoms with Crippen molar-refractivity contribution in [1.82, 2.24) is 9.55 Å². The van der Waals surface area contributed by atoms with Crippen LogP contribution in [0.3, 0.4) is 0 Å². The standard InChI is InChI=1S/C21H24N2O4S/c1-7-27-20(25)21(4,5)23-11-22-18-17(19(23)24)16(13(3)28-18)14-8-9-15(26-6)12(2)10-14/h8-11H,7H2,1-6H3. The maximum absolute atomic E-state index is 13.4. The molecule has 0 aliphatic rings. The predicted octanol–water partition coefficient (Wildman–Crippen LogP) is 4.05. The largest absolute Gasteiger partial charge is 0.496 e. The molecular weight excluding hydrogens is 376 g/mol. The zero-order valence-corrected chi connectivity index (χ0v) is 17.8. The molecule has 0 radical (unpaired) electrons. The molecule has 2 aromatic heterocycles. The van der Waals surface area contributed by atoms with Crippen LogP contribution in [0.2, 0.25) is 0 Å². The van der Waals surface area contributed by atoms with Gasteiger partial charge in [-0.05, 0) is 57.9 Å². The number of carbonyl (C=O) groups excluding carboxylic acids is 1. The van der Waals surface area contributed by atoms with Gasteiger partial charge in [0, 0.05) is 10.4 Å². The first-order chi connectivity index (χ1) is 13.2. The quantitative estimate of drug-likeness (QED) is 0.604. The van der Waals surface area contributed by atoms with E-state index in [2.05, 4.69) is 4.98 Å². The van der Waals surface area contributed by atoms with Gasteiger partial charge in [-0.25, -0.2) is 9.78 Å². The molecule has 28 heavy (non-hydrogen) atoms. The van der Waals surface area contributed by atoms with E-state index < -0.39 is 11.5 Å². The van der Waals surface area contributed by atoms with E-state index in [0.717, 1.165) is 27.3 Å². The van der Waals surface area contributed by atoms with Crippen molar-refractivity contribution in [3.63, 3.8) is 0 Å². The molecule has 0 N–H and O–H groups in total. The Morgan fingerprint density at radius 1 is 1.29 bits per heavy atom. The number of fused-ring (bicyclic) bond motifs is 1. The van der Waals surface area contributed by atoms with E-state index in [4.69, 9.17) is 9.47 Å². The first kappa shape index (κ1) is 20.1. The molecule has 3 rings (SSSR count). The summed E-state index contributed by atoms with van der Waals surface area (Å²) in [5.41, 5.74) is 1.34. The molecule has 0 unspecified atom stereocenters. The van der Waals surface area contributed by atoms with Crippen LogP contribution in [0.15, 0.2) is 29.3 Å². The van der Waals surface area contributed by atoms with Gasteiger partial charge in [0.15, 0.2) is 0 Å². The van der Waals surface area contributed by atoms with Gasteiger partial charge in [0.2, 0.25) is 0 Å². The van der Waals surface area contributed by atoms with Gasteiger partial charge in [0.05, 0.1) is 19.1 Å². The molecule has 0 bridgehead atoms. The van der Waals surface area contributed by atoms with Gasteiger partial charge in [-0.3, -0.25) is 9.36 Å². The van der Waals surface area contributed by atoms with E-state index in [1.165, 1.54) is 22.2 Å². The number of hydrogen-bond acceptors (Lipinski definition) is 6. The van der Waals surface area contributed by atoms with Crippen LogP contribution in [0.1, 0.15) is 31.2 Å². The molecule has 0 spiro atoms. The SMILES string of the molecule is CCOC(=O)C(C)(C)n1cnc2sc(C)c(-c3ccc(OC)c(C)c3)c2c1=O. The summed E-state index contributed by atoms with van der Waals surface area (Å²) in [6, 6.07) is 5.83. The highest BCUT2D eigenvalue weighted by atomic mass is 32.1. The summed E-state index contributed by atoms with van der Waals surface area (Å²) in [5.74, 6) is 0.326. The van der Waals surface area contributed by atoms with Crippen LogP contribution in [-0.4, -0.2) is 29.2 Å². The molecule has 0 amide bonds. The van der Waals surface area contributed by atoms with E-state index in [0.29, 0.717) is 10.2 Å². The Balaban J connectivity index is 2.26. The lowest BCUT2D eigenvalue weighted by atomic mass is 10.0. The fraction of sp³-hybridized carbons (Fsp3) is 0.381. The number of methoxy groups -OCH3 is 1. The number of ether oxygens (including phenoxy) is 2. The van der Waals surface area contributed by atoms with Crippen LogP contribution in [0, 0.1) is 13.8 Å². The van der Waals surface area contributed by atoms with Crippen molar-refractivity contribution in [2.24, 2.45) is 0 Å². The Labute approximate surface area is 167 Å². The Morgan fingerprint density at radius 3 is 2.61 bits per heavy atom. The number of aryl methyl sites for hydroxylation is 2. The molecule has 0 aliphatic carbocycles. The normalized spacial score (nSPS) is 11.6. The second kappa shape index (κ2) is 7.39. The van der Waals surface area contributed by atoms with Crippen molar-refractivity contribution in [3.05, 3.63) is 45.3 Å². The summed E-state index contributed by atoms with van der Waals surface area (Å²) < 4.78 is 11.9. The third kappa shape index (κ3) is 3.20. The van der Waals surface area contributed by atoms with Crippen LogP contribution >= 0.6 is 11.3 Å². The number of aromatic nitrogens is 2. The van der Waals surface area contributed by atoms with Gasteiger partial charge in [0.25, 0.3) is 5.56 Å². The molecule has 3 aromatic rings. The molecule has 2 heterocycles. The molecule has 0 saturated carbocycles. The molecular formula is C21H24N2O4S. The number of nitrogens with zero attached hydrogens (tertiary/aromatic N) is 2. The van der Waals surface area contributed by atoms with Crippen molar-refractivity contribution in [2.75, 3.05) is 13.7 Å². The second-order valence-corrected chi connectivity index (χ2v) is 8.30. The van der Waals surface area contributed by atoms with E-state index >= 15 is 0 Å². The van der Waals surface area contributed by atoms with Crippen molar-refractivity contribution >= 4 is 27.5 Å². The Kier molecular flexibility index (Phi) is 5.30. The molecule has 0 atom stereocenters. The minimum absolute atomic E-state index is 0.251. The summed E-state index contributed by atoms with van der Waals surface area (Å²) in [6.45, 7) is 9.26. The van der Waals surface area contributed by atoms with Crippen LogP contribution in [0.25, 0.3) is 21.3 Å². The molecule has 0 fully saturated rings. The average Bonchev–Trinajstić information content (AvgIpc) is 2.98. The maximum Gasteiger partial charge on any atom is 0.331 e. The second-order valence-electron chi connectivity index (χ2n) is 7.10. The van der Waals surface area contributed by atoms with Gasteiger partial charge in [0.1, 0.15) is 22.4 Å². The molecule has 0 aliphatic heterocycles. The fourth-order valence-corrected chi connectivity index (χ4v) is 4.29. The Morgan fingerprint density at radius 2 is 2.00 bits per heavy atom. The Hall–Kier alpha value is -2.67. The molecule has 0 saturated heterocycles. The number of thiophene rings is 1. The minimum Gasteiger partial charge on any atom is -0.496 e.